The molecule has 0 N–H and O–H groups in total. The second-order valence-electron chi connectivity index (χ2n) is 0. The first-order chi connectivity index (χ1) is 2.00. The van der Waals surface area contributed by atoms with Gasteiger partial charge in [-0.05, 0) is 0 Å². The Morgan fingerprint density at radius 3 is 1.25 bits per heavy atom. The fourth-order valence-electron chi connectivity index (χ4n) is 0. The molecule has 0 saturated heterocycles. The molecule has 1 nitrogen and oxygen atoms in total. The van der Waals surface area contributed by atoms with Crippen molar-refractivity contribution in [1.29, 1.82) is 0 Å². The molecule has 0 aliphatic heterocycles. The van der Waals surface area contributed by atoms with Crippen molar-refractivity contribution < 1.29 is 3.78 Å². The molecule has 0 heterocycles. The van der Waals surface area contributed by atoms with E-state index in [2.05, 4.69) is 0 Å². The Kier molecular flexibility index (Phi) is 57.8. The Balaban J connectivity index is 0. The molecule has 0 rings (SSSR count). The molecule has 0 amide bonds. The predicted molar refractivity (Wildman–Crippen MR) is 23.5 cm³/mol. The maximum atomic E-state index is 8.31. The maximum absolute atomic E-state index is 8.31. The van der Waals surface area contributed by atoms with Gasteiger partial charge >= 0.3 is 48.2 Å². The molecule has 0 fully saturated rings. The van der Waals surface area contributed by atoms with Gasteiger partial charge in [0.1, 0.15) is 0 Å². The molecule has 0 aliphatic carbocycles. The molecule has 0 bridgehead atoms. The second kappa shape index (κ2) is 25.5. The molecule has 0 aromatic rings. The third-order valence-electron chi connectivity index (χ3n) is 0. The van der Waals surface area contributed by atoms with Crippen LogP contribution in [0.4, 0.5) is 0 Å². The zero-order chi connectivity index (χ0) is 4.00. The van der Waals surface area contributed by atoms with Gasteiger partial charge in [0.05, 0.1) is 0 Å². The van der Waals surface area contributed by atoms with E-state index in [1.165, 1.54) is 14.0 Å². The molecule has 0 aliphatic rings. The summed E-state index contributed by atoms with van der Waals surface area (Å²) >= 11 is 3.69. The van der Waals surface area contributed by atoms with Crippen molar-refractivity contribution >= 4 is 44.5 Å². The first kappa shape index (κ1) is 9.06. The van der Waals surface area contributed by atoms with E-state index in [1.54, 1.807) is 0 Å². The van der Waals surface area contributed by atoms with Crippen molar-refractivity contribution in [3.8, 4) is 0 Å². The molecule has 2 radical (unpaired) electrons. The molecule has 0 aromatic heterocycles. The van der Waals surface area contributed by atoms with E-state index in [4.69, 9.17) is 3.78 Å². The fraction of sp³-hybridized carbons (Fsp3) is 0. The van der Waals surface area contributed by atoms with E-state index >= 15 is 0 Å². The number of hydrogen-bond acceptors (Lipinski definition) is 1. The molecule has 4 heavy (non-hydrogen) atoms. The molecule has 0 aromatic carbocycles. The van der Waals surface area contributed by atoms with Crippen molar-refractivity contribution in [3.63, 3.8) is 0 Å². The summed E-state index contributed by atoms with van der Waals surface area (Å²) in [4.78, 5) is 0. The van der Waals surface area contributed by atoms with Crippen LogP contribution in [0.2, 0.25) is 0 Å². The molecular weight excluding hydrogens is 234 g/mol. The molecule has 4 heteroatoms. The Hall–Kier alpha value is 1.43. The standard InChI is InChI=1S/Ge2H3.GeHO/c2*1-2/h1H,2H2;1H. The van der Waals surface area contributed by atoms with Gasteiger partial charge in [-0.15, -0.1) is 0 Å². The number of hydrogen-bond donors (Lipinski definition) is 0. The first-order valence-electron chi connectivity index (χ1n) is 0.644. The quantitative estimate of drug-likeness (QED) is 0.432. The minimum atomic E-state index is 0.438. The Bertz CT molecular complexity index is 5.25. The number of rotatable bonds is 0. The SMILES string of the molecule is [GeH]=[GeH2].[O]=[GeH]. The van der Waals surface area contributed by atoms with Crippen molar-refractivity contribution in [3.05, 3.63) is 0 Å². The van der Waals surface area contributed by atoms with Crippen LogP contribution in [0.15, 0.2) is 0 Å². The summed E-state index contributed by atoms with van der Waals surface area (Å²) in [5.74, 6) is 0. The van der Waals surface area contributed by atoms with Crippen molar-refractivity contribution in [1.82, 2.24) is 0 Å². The van der Waals surface area contributed by atoms with E-state index < -0.39 is 0 Å². The summed E-state index contributed by atoms with van der Waals surface area (Å²) < 4.78 is 8.31. The van der Waals surface area contributed by atoms with Crippen LogP contribution >= 0.6 is 0 Å². The van der Waals surface area contributed by atoms with Gasteiger partial charge in [0.15, 0.2) is 0 Å². The molecule has 22 valence electrons. The van der Waals surface area contributed by atoms with Gasteiger partial charge in [-0.25, -0.2) is 0 Å². The average Bonchev–Trinajstić information content (AvgIpc) is 1.50. The van der Waals surface area contributed by atoms with Crippen LogP contribution in [-0.4, -0.2) is 44.5 Å². The fourth-order valence-corrected chi connectivity index (χ4v) is 0. The van der Waals surface area contributed by atoms with Crippen LogP contribution in [0.3, 0.4) is 0 Å². The van der Waals surface area contributed by atoms with Crippen LogP contribution < -0.4 is 0 Å². The molecule has 0 saturated carbocycles. The predicted octanol–water partition coefficient (Wildman–Crippen LogP) is -2.33. The van der Waals surface area contributed by atoms with Crippen molar-refractivity contribution in [2.45, 2.75) is 0 Å². The van der Waals surface area contributed by atoms with E-state index in [0.29, 0.717) is 16.5 Å². The van der Waals surface area contributed by atoms with Crippen molar-refractivity contribution in [2.24, 2.45) is 0 Å². The summed E-state index contributed by atoms with van der Waals surface area (Å²) in [5.41, 5.74) is 0. The second-order valence-corrected chi connectivity index (χ2v) is 0. The summed E-state index contributed by atoms with van der Waals surface area (Å²) in [7, 11) is 0. The summed E-state index contributed by atoms with van der Waals surface area (Å²) in [6, 6.07) is 0. The zero-order valence-electron chi connectivity index (χ0n) is 2.27. The Morgan fingerprint density at radius 1 is 1.25 bits per heavy atom. The summed E-state index contributed by atoms with van der Waals surface area (Å²) in [5, 5.41) is 0. The van der Waals surface area contributed by atoms with Crippen LogP contribution in [0, 0.1) is 0 Å². The van der Waals surface area contributed by atoms with E-state index in [9.17, 15) is 0 Å². The normalized spacial score (nSPS) is 2.00. The third-order valence-corrected chi connectivity index (χ3v) is 0. The van der Waals surface area contributed by atoms with Gasteiger partial charge in [-0.3, -0.25) is 0 Å². The topological polar surface area (TPSA) is 17.1 Å². The van der Waals surface area contributed by atoms with E-state index in [0.717, 1.165) is 0 Å². The Labute approximate surface area is 48.1 Å². The van der Waals surface area contributed by atoms with Gasteiger partial charge in [-0.2, -0.15) is 0 Å². The van der Waals surface area contributed by atoms with Gasteiger partial charge in [-0.1, -0.05) is 0 Å². The summed E-state index contributed by atoms with van der Waals surface area (Å²) in [6.45, 7) is 0. The molecular formula is H4Ge3O. The van der Waals surface area contributed by atoms with Gasteiger partial charge < -0.3 is 0 Å². The van der Waals surface area contributed by atoms with Gasteiger partial charge in [0, 0.05) is 0 Å². The van der Waals surface area contributed by atoms with Crippen LogP contribution in [-0.2, 0) is 3.78 Å². The molecule has 0 unspecified atom stereocenters. The first-order valence-corrected chi connectivity index (χ1v) is 12.2. The zero-order valence-corrected chi connectivity index (χ0v) is 10.1. The van der Waals surface area contributed by atoms with Gasteiger partial charge in [0.25, 0.3) is 0 Å². The monoisotopic (exact) mass is 242 g/mol. The van der Waals surface area contributed by atoms with Crippen molar-refractivity contribution in [2.75, 3.05) is 0 Å². The minimum absolute atomic E-state index is 0.438. The third kappa shape index (κ3) is 9.91. The van der Waals surface area contributed by atoms with Gasteiger partial charge in [0.2, 0.25) is 0 Å². The van der Waals surface area contributed by atoms with E-state index in [1.807, 2.05) is 14.0 Å². The Morgan fingerprint density at radius 2 is 1.25 bits per heavy atom. The van der Waals surface area contributed by atoms with E-state index in [-0.39, 0.29) is 0 Å². The molecule has 0 atom stereocenters. The summed E-state index contributed by atoms with van der Waals surface area (Å²) in [6.07, 6.45) is 0. The average molecular weight is 238 g/mol. The molecule has 0 spiro atoms. The van der Waals surface area contributed by atoms with Crippen LogP contribution in [0.1, 0.15) is 0 Å². The van der Waals surface area contributed by atoms with Crippen LogP contribution in [0.25, 0.3) is 0 Å². The van der Waals surface area contributed by atoms with Crippen LogP contribution in [0.5, 0.6) is 0 Å².